The molecular weight excluding hydrogens is 262 g/mol. The third kappa shape index (κ3) is 1.71. The van der Waals surface area contributed by atoms with E-state index >= 15 is 0 Å². The maximum atomic E-state index is 11.5. The first-order chi connectivity index (χ1) is 9.90. The highest BCUT2D eigenvalue weighted by Gasteiger charge is 2.60. The molecule has 1 N–H and O–H groups in total. The van der Waals surface area contributed by atoms with Gasteiger partial charge in [0.2, 0.25) is 5.56 Å². The van der Waals surface area contributed by atoms with Crippen molar-refractivity contribution >= 4 is 11.0 Å². The van der Waals surface area contributed by atoms with E-state index < -0.39 is 0 Å². The van der Waals surface area contributed by atoms with Gasteiger partial charge in [-0.25, -0.2) is 9.97 Å². The molecule has 0 aliphatic heterocycles. The minimum absolute atomic E-state index is 0.106. The number of hydrogen-bond acceptors (Lipinski definition) is 3. The molecule has 2 bridgehead atoms. The molecule has 2 aliphatic carbocycles. The van der Waals surface area contributed by atoms with Crippen molar-refractivity contribution < 1.29 is 0 Å². The van der Waals surface area contributed by atoms with Gasteiger partial charge in [-0.2, -0.15) is 0 Å². The highest BCUT2D eigenvalue weighted by Crippen LogP contribution is 2.69. The van der Waals surface area contributed by atoms with Gasteiger partial charge >= 0.3 is 0 Å². The summed E-state index contributed by atoms with van der Waals surface area (Å²) < 4.78 is 0. The Labute approximate surface area is 124 Å². The van der Waals surface area contributed by atoms with E-state index in [-0.39, 0.29) is 11.0 Å². The Morgan fingerprint density at radius 2 is 2.10 bits per heavy atom. The summed E-state index contributed by atoms with van der Waals surface area (Å²) in [6.07, 6.45) is 5.71. The number of aromatic nitrogens is 3. The predicted octanol–water partition coefficient (Wildman–Crippen LogP) is 3.25. The molecule has 3 atom stereocenters. The van der Waals surface area contributed by atoms with E-state index in [2.05, 4.69) is 30.7 Å². The summed E-state index contributed by atoms with van der Waals surface area (Å²) in [5, 5.41) is 0.893. The molecule has 110 valence electrons. The third-order valence-electron chi connectivity index (χ3n) is 6.02. The molecule has 0 amide bonds. The first kappa shape index (κ1) is 13.0. The van der Waals surface area contributed by atoms with E-state index in [9.17, 15) is 4.79 Å². The van der Waals surface area contributed by atoms with Crippen LogP contribution in [0.15, 0.2) is 23.1 Å². The van der Waals surface area contributed by atoms with Crippen molar-refractivity contribution in [3.8, 4) is 0 Å². The van der Waals surface area contributed by atoms with Crippen LogP contribution in [0.25, 0.3) is 11.0 Å². The molecular formula is C17H21N3O. The fourth-order valence-corrected chi connectivity index (χ4v) is 5.04. The van der Waals surface area contributed by atoms with Crippen molar-refractivity contribution in [3.63, 3.8) is 0 Å². The van der Waals surface area contributed by atoms with E-state index in [0.29, 0.717) is 17.0 Å². The molecule has 2 aromatic heterocycles. The van der Waals surface area contributed by atoms with Gasteiger partial charge in [0.15, 0.2) is 0 Å². The van der Waals surface area contributed by atoms with Crippen LogP contribution in [0.2, 0.25) is 0 Å². The molecule has 2 fully saturated rings. The van der Waals surface area contributed by atoms with E-state index in [0.717, 1.165) is 17.1 Å². The Hall–Kier alpha value is -1.71. The summed E-state index contributed by atoms with van der Waals surface area (Å²) in [5.41, 5.74) is 1.09. The Balaban J connectivity index is 1.88. The first-order valence-corrected chi connectivity index (χ1v) is 7.76. The standard InChI is InChI=1S/C17H21N3O/c1-16(2)11-6-7-17(3,8-11)13(16)15-18-9-10-4-5-12(21)19-14(10)20-15/h4-5,9,11,13H,6-8H2,1-3H3,(H,18,19,20,21). The van der Waals surface area contributed by atoms with Gasteiger partial charge in [0.05, 0.1) is 0 Å². The van der Waals surface area contributed by atoms with E-state index in [4.69, 9.17) is 4.98 Å². The van der Waals surface area contributed by atoms with E-state index in [1.165, 1.54) is 25.3 Å². The topological polar surface area (TPSA) is 58.6 Å². The van der Waals surface area contributed by atoms with Crippen LogP contribution in [-0.4, -0.2) is 15.0 Å². The lowest BCUT2D eigenvalue weighted by molar-refractivity contribution is 0.130. The van der Waals surface area contributed by atoms with Crippen LogP contribution in [0.3, 0.4) is 0 Å². The smallest absolute Gasteiger partial charge is 0.249 e. The molecule has 2 heterocycles. The minimum atomic E-state index is -0.106. The summed E-state index contributed by atoms with van der Waals surface area (Å²) in [7, 11) is 0. The Morgan fingerprint density at radius 3 is 2.81 bits per heavy atom. The Bertz CT molecular complexity index is 774. The summed E-state index contributed by atoms with van der Waals surface area (Å²) >= 11 is 0. The van der Waals surface area contributed by atoms with Crippen molar-refractivity contribution in [1.82, 2.24) is 15.0 Å². The Kier molecular flexibility index (Phi) is 2.43. The maximum Gasteiger partial charge on any atom is 0.249 e. The number of nitrogens with zero attached hydrogens (tertiary/aromatic N) is 2. The van der Waals surface area contributed by atoms with Gasteiger partial charge in [-0.05, 0) is 42.1 Å². The van der Waals surface area contributed by atoms with Crippen LogP contribution in [0.5, 0.6) is 0 Å². The molecule has 2 saturated carbocycles. The molecule has 2 aromatic rings. The molecule has 4 rings (SSSR count). The monoisotopic (exact) mass is 283 g/mol. The van der Waals surface area contributed by atoms with Crippen LogP contribution < -0.4 is 5.56 Å². The number of pyridine rings is 1. The zero-order valence-electron chi connectivity index (χ0n) is 12.8. The van der Waals surface area contributed by atoms with Crippen molar-refractivity contribution in [2.45, 2.75) is 46.0 Å². The zero-order valence-corrected chi connectivity index (χ0v) is 12.8. The fourth-order valence-electron chi connectivity index (χ4n) is 5.04. The molecule has 0 spiro atoms. The number of rotatable bonds is 1. The van der Waals surface area contributed by atoms with Crippen molar-refractivity contribution in [1.29, 1.82) is 0 Å². The fraction of sp³-hybridized carbons (Fsp3) is 0.588. The van der Waals surface area contributed by atoms with Gasteiger partial charge < -0.3 is 4.98 Å². The normalized spacial score (nSPS) is 33.7. The van der Waals surface area contributed by atoms with E-state index in [1.807, 2.05) is 6.20 Å². The molecule has 0 aromatic carbocycles. The average Bonchev–Trinajstić information content (AvgIpc) is 2.89. The SMILES string of the molecule is CC12CCC(C1)C(C)(C)C2c1ncc2ccc(=O)[nH]c2n1. The first-order valence-electron chi connectivity index (χ1n) is 7.76. The highest BCUT2D eigenvalue weighted by molar-refractivity contribution is 5.72. The number of H-pyrrole nitrogens is 1. The molecule has 21 heavy (non-hydrogen) atoms. The van der Waals surface area contributed by atoms with E-state index in [1.54, 1.807) is 6.07 Å². The second-order valence-corrected chi connectivity index (χ2v) is 7.70. The molecule has 4 heteroatoms. The van der Waals surface area contributed by atoms with Crippen LogP contribution >= 0.6 is 0 Å². The lowest BCUT2D eigenvalue weighted by Crippen LogP contribution is -2.34. The quantitative estimate of drug-likeness (QED) is 0.874. The zero-order chi connectivity index (χ0) is 14.8. The highest BCUT2D eigenvalue weighted by atomic mass is 16.1. The number of aromatic amines is 1. The third-order valence-corrected chi connectivity index (χ3v) is 6.02. The average molecular weight is 283 g/mol. The van der Waals surface area contributed by atoms with Crippen LogP contribution in [0.1, 0.15) is 51.8 Å². The maximum absolute atomic E-state index is 11.5. The van der Waals surface area contributed by atoms with Gasteiger partial charge in [0.25, 0.3) is 0 Å². The molecule has 4 nitrogen and oxygen atoms in total. The number of hydrogen-bond donors (Lipinski definition) is 1. The van der Waals surface area contributed by atoms with Crippen molar-refractivity contribution in [3.05, 3.63) is 34.5 Å². The Morgan fingerprint density at radius 1 is 1.29 bits per heavy atom. The predicted molar refractivity (Wildman–Crippen MR) is 82.1 cm³/mol. The second kappa shape index (κ2) is 3.93. The summed E-state index contributed by atoms with van der Waals surface area (Å²) in [6, 6.07) is 3.31. The van der Waals surface area contributed by atoms with Crippen LogP contribution in [0.4, 0.5) is 0 Å². The van der Waals surface area contributed by atoms with Gasteiger partial charge in [-0.3, -0.25) is 4.79 Å². The lowest BCUT2D eigenvalue weighted by atomic mass is 9.63. The summed E-state index contributed by atoms with van der Waals surface area (Å²) in [6.45, 7) is 7.09. The summed E-state index contributed by atoms with van der Waals surface area (Å²) in [5.74, 6) is 2.04. The second-order valence-electron chi connectivity index (χ2n) is 7.70. The van der Waals surface area contributed by atoms with Gasteiger partial charge in [-0.15, -0.1) is 0 Å². The minimum Gasteiger partial charge on any atom is -0.306 e. The van der Waals surface area contributed by atoms with Crippen LogP contribution in [0, 0.1) is 16.7 Å². The van der Waals surface area contributed by atoms with Gasteiger partial charge in [0.1, 0.15) is 11.5 Å². The molecule has 2 aliphatic rings. The number of fused-ring (bicyclic) bond motifs is 3. The number of nitrogens with one attached hydrogen (secondary N) is 1. The largest absolute Gasteiger partial charge is 0.306 e. The van der Waals surface area contributed by atoms with Crippen molar-refractivity contribution in [2.75, 3.05) is 0 Å². The van der Waals surface area contributed by atoms with Gasteiger partial charge in [0, 0.05) is 23.6 Å². The van der Waals surface area contributed by atoms with Crippen LogP contribution in [-0.2, 0) is 0 Å². The van der Waals surface area contributed by atoms with Crippen molar-refractivity contribution in [2.24, 2.45) is 16.7 Å². The summed E-state index contributed by atoms with van der Waals surface area (Å²) in [4.78, 5) is 23.7. The van der Waals surface area contributed by atoms with Gasteiger partial charge in [-0.1, -0.05) is 20.8 Å². The molecule has 3 unspecified atom stereocenters. The molecule has 0 radical (unpaired) electrons. The lowest BCUT2D eigenvalue weighted by Gasteiger charge is -2.41. The molecule has 0 saturated heterocycles.